The van der Waals surface area contributed by atoms with E-state index in [1.807, 2.05) is 12.2 Å². The Hall–Kier alpha value is -1.05. The average Bonchev–Trinajstić information content (AvgIpc) is 2.25. The molecule has 0 amide bonds. The molecule has 0 heterocycles. The Morgan fingerprint density at radius 1 is 1.53 bits per heavy atom. The van der Waals surface area contributed by atoms with Crippen molar-refractivity contribution in [2.75, 3.05) is 6.61 Å². The smallest absolute Gasteiger partial charge is 0.305 e. The van der Waals surface area contributed by atoms with Crippen LogP contribution in [0.1, 0.15) is 40.0 Å². The molecule has 0 aromatic carbocycles. The fraction of sp³-hybridized carbons (Fsp3) is 0.615. The van der Waals surface area contributed by atoms with Gasteiger partial charge in [0.05, 0.1) is 0 Å². The molecule has 0 fully saturated rings. The van der Waals surface area contributed by atoms with E-state index in [9.17, 15) is 4.79 Å². The van der Waals surface area contributed by atoms with Gasteiger partial charge >= 0.3 is 5.97 Å². The third-order valence-corrected chi connectivity index (χ3v) is 2.52. The first kappa shape index (κ1) is 13.9. The van der Waals surface area contributed by atoms with Gasteiger partial charge < -0.3 is 4.74 Å². The molecule has 0 radical (unpaired) electrons. The quantitative estimate of drug-likeness (QED) is 0.475. The third kappa shape index (κ3) is 6.95. The van der Waals surface area contributed by atoms with E-state index in [0.717, 1.165) is 12.8 Å². The van der Waals surface area contributed by atoms with Gasteiger partial charge in [0, 0.05) is 6.42 Å². The maximum absolute atomic E-state index is 10.9. The van der Waals surface area contributed by atoms with Crippen LogP contribution >= 0.6 is 0 Å². The SMILES string of the molecule is C=CCCC(C)/C(C)=C/COC(=O)CC. The molecule has 0 rings (SSSR count). The van der Waals surface area contributed by atoms with Crippen molar-refractivity contribution >= 4 is 5.97 Å². The summed E-state index contributed by atoms with van der Waals surface area (Å²) in [5, 5.41) is 0. The van der Waals surface area contributed by atoms with Crippen LogP contribution in [0.15, 0.2) is 24.3 Å². The van der Waals surface area contributed by atoms with Gasteiger partial charge in [0.25, 0.3) is 0 Å². The molecule has 0 aromatic rings. The lowest BCUT2D eigenvalue weighted by Crippen LogP contribution is -2.04. The second-order valence-electron chi connectivity index (χ2n) is 3.75. The second kappa shape index (κ2) is 8.27. The largest absolute Gasteiger partial charge is 0.461 e. The third-order valence-electron chi connectivity index (χ3n) is 2.52. The molecule has 0 N–H and O–H groups in total. The fourth-order valence-corrected chi connectivity index (χ4v) is 1.16. The molecular weight excluding hydrogens is 188 g/mol. The highest BCUT2D eigenvalue weighted by Gasteiger charge is 2.03. The van der Waals surface area contributed by atoms with Crippen LogP contribution in [0.3, 0.4) is 0 Å². The Balaban J connectivity index is 3.85. The van der Waals surface area contributed by atoms with E-state index in [1.165, 1.54) is 5.57 Å². The predicted octanol–water partition coefficient (Wildman–Crippen LogP) is 3.49. The number of hydrogen-bond acceptors (Lipinski definition) is 2. The van der Waals surface area contributed by atoms with Crippen LogP contribution in [0.2, 0.25) is 0 Å². The topological polar surface area (TPSA) is 26.3 Å². The molecule has 1 atom stereocenters. The Morgan fingerprint density at radius 2 is 2.20 bits per heavy atom. The number of carbonyl (C=O) groups is 1. The summed E-state index contributed by atoms with van der Waals surface area (Å²) in [7, 11) is 0. The van der Waals surface area contributed by atoms with Crippen molar-refractivity contribution < 1.29 is 9.53 Å². The number of ether oxygens (including phenoxy) is 1. The van der Waals surface area contributed by atoms with Crippen molar-refractivity contribution in [2.45, 2.75) is 40.0 Å². The van der Waals surface area contributed by atoms with E-state index in [4.69, 9.17) is 4.74 Å². The number of carbonyl (C=O) groups excluding carboxylic acids is 1. The maximum atomic E-state index is 10.9. The van der Waals surface area contributed by atoms with Crippen molar-refractivity contribution in [1.29, 1.82) is 0 Å². The molecule has 2 heteroatoms. The molecule has 15 heavy (non-hydrogen) atoms. The Kier molecular flexibility index (Phi) is 7.69. The van der Waals surface area contributed by atoms with Crippen molar-refractivity contribution in [2.24, 2.45) is 5.92 Å². The van der Waals surface area contributed by atoms with E-state index >= 15 is 0 Å². The fourth-order valence-electron chi connectivity index (χ4n) is 1.16. The molecule has 0 saturated carbocycles. The molecule has 1 unspecified atom stereocenters. The van der Waals surface area contributed by atoms with E-state index in [2.05, 4.69) is 20.4 Å². The summed E-state index contributed by atoms with van der Waals surface area (Å²) in [6.45, 7) is 10.2. The van der Waals surface area contributed by atoms with Gasteiger partial charge in [-0.2, -0.15) is 0 Å². The normalized spacial score (nSPS) is 13.4. The summed E-state index contributed by atoms with van der Waals surface area (Å²) >= 11 is 0. The Bertz CT molecular complexity index is 229. The molecule has 86 valence electrons. The highest BCUT2D eigenvalue weighted by atomic mass is 16.5. The predicted molar refractivity (Wildman–Crippen MR) is 63.6 cm³/mol. The second-order valence-corrected chi connectivity index (χ2v) is 3.75. The summed E-state index contributed by atoms with van der Waals surface area (Å²) < 4.78 is 4.98. The van der Waals surface area contributed by atoms with Crippen LogP contribution in [0.4, 0.5) is 0 Å². The molecular formula is C13H22O2. The molecule has 2 nitrogen and oxygen atoms in total. The van der Waals surface area contributed by atoms with Gasteiger partial charge in [-0.1, -0.05) is 25.5 Å². The first-order valence-electron chi connectivity index (χ1n) is 5.55. The summed E-state index contributed by atoms with van der Waals surface area (Å²) in [5.74, 6) is 0.390. The zero-order valence-electron chi connectivity index (χ0n) is 10.1. The zero-order chi connectivity index (χ0) is 11.7. The van der Waals surface area contributed by atoms with Gasteiger partial charge in [0.2, 0.25) is 0 Å². The van der Waals surface area contributed by atoms with Gasteiger partial charge in [-0.3, -0.25) is 4.79 Å². The lowest BCUT2D eigenvalue weighted by molar-refractivity contribution is -0.141. The monoisotopic (exact) mass is 210 g/mol. The number of esters is 1. The average molecular weight is 210 g/mol. The Morgan fingerprint density at radius 3 is 2.73 bits per heavy atom. The van der Waals surface area contributed by atoms with E-state index in [0.29, 0.717) is 18.9 Å². The maximum Gasteiger partial charge on any atom is 0.305 e. The van der Waals surface area contributed by atoms with Crippen LogP contribution < -0.4 is 0 Å². The molecule has 0 aromatic heterocycles. The van der Waals surface area contributed by atoms with Crippen LogP contribution in [0.25, 0.3) is 0 Å². The first-order chi connectivity index (χ1) is 7.11. The van der Waals surface area contributed by atoms with Gasteiger partial charge in [-0.25, -0.2) is 0 Å². The van der Waals surface area contributed by atoms with Gasteiger partial charge in [0.1, 0.15) is 6.61 Å². The zero-order valence-corrected chi connectivity index (χ0v) is 10.1. The van der Waals surface area contributed by atoms with E-state index < -0.39 is 0 Å². The number of hydrogen-bond donors (Lipinski definition) is 0. The number of rotatable bonds is 7. The molecule has 0 bridgehead atoms. The highest BCUT2D eigenvalue weighted by molar-refractivity contribution is 5.68. The van der Waals surface area contributed by atoms with Gasteiger partial charge in [-0.05, 0) is 31.8 Å². The van der Waals surface area contributed by atoms with Crippen molar-refractivity contribution in [3.8, 4) is 0 Å². The van der Waals surface area contributed by atoms with Crippen LogP contribution in [0, 0.1) is 5.92 Å². The minimum Gasteiger partial charge on any atom is -0.461 e. The summed E-state index contributed by atoms with van der Waals surface area (Å²) in [6, 6.07) is 0. The molecule has 0 aliphatic rings. The van der Waals surface area contributed by atoms with Crippen molar-refractivity contribution in [3.63, 3.8) is 0 Å². The Labute approximate surface area is 93.0 Å². The molecule has 0 spiro atoms. The standard InChI is InChI=1S/C13H22O2/c1-5-7-8-11(3)12(4)9-10-15-13(14)6-2/h5,9,11H,1,6-8,10H2,2-4H3/b12-9+. The van der Waals surface area contributed by atoms with E-state index in [-0.39, 0.29) is 5.97 Å². The summed E-state index contributed by atoms with van der Waals surface area (Å²) in [5.41, 5.74) is 1.28. The lowest BCUT2D eigenvalue weighted by Gasteiger charge is -2.10. The number of allylic oxidation sites excluding steroid dienone is 2. The van der Waals surface area contributed by atoms with Crippen LogP contribution in [-0.4, -0.2) is 12.6 Å². The molecule has 0 aliphatic heterocycles. The first-order valence-corrected chi connectivity index (χ1v) is 5.55. The van der Waals surface area contributed by atoms with E-state index in [1.54, 1.807) is 6.92 Å². The van der Waals surface area contributed by atoms with Crippen LogP contribution in [0.5, 0.6) is 0 Å². The minimum absolute atomic E-state index is 0.141. The van der Waals surface area contributed by atoms with Crippen molar-refractivity contribution in [3.05, 3.63) is 24.3 Å². The highest BCUT2D eigenvalue weighted by Crippen LogP contribution is 2.15. The summed E-state index contributed by atoms with van der Waals surface area (Å²) in [4.78, 5) is 10.9. The van der Waals surface area contributed by atoms with Gasteiger partial charge in [0.15, 0.2) is 0 Å². The lowest BCUT2D eigenvalue weighted by atomic mass is 9.97. The van der Waals surface area contributed by atoms with Crippen molar-refractivity contribution in [1.82, 2.24) is 0 Å². The van der Waals surface area contributed by atoms with Crippen LogP contribution in [-0.2, 0) is 9.53 Å². The minimum atomic E-state index is -0.141. The molecule has 0 saturated heterocycles. The molecule has 0 aliphatic carbocycles. The van der Waals surface area contributed by atoms with Gasteiger partial charge in [-0.15, -0.1) is 6.58 Å². The summed E-state index contributed by atoms with van der Waals surface area (Å²) in [6.07, 6.45) is 6.50.